The second kappa shape index (κ2) is 9.28. The summed E-state index contributed by atoms with van der Waals surface area (Å²) < 4.78 is 10.2. The Morgan fingerprint density at radius 3 is 1.61 bits per heavy atom. The minimum absolute atomic E-state index is 0.199. The molecule has 0 heterocycles. The van der Waals surface area contributed by atoms with E-state index in [1.54, 1.807) is 68.5 Å². The molecule has 0 saturated carbocycles. The van der Waals surface area contributed by atoms with Crippen molar-refractivity contribution in [2.45, 2.75) is 13.8 Å². The summed E-state index contributed by atoms with van der Waals surface area (Å²) in [6, 6.07) is 13.0. The summed E-state index contributed by atoms with van der Waals surface area (Å²) in [5.74, 6) is -0.465. The fourth-order valence-corrected chi connectivity index (χ4v) is 1.99. The van der Waals surface area contributed by atoms with Crippen LogP contribution in [0.4, 0.5) is 0 Å². The maximum Gasteiger partial charge on any atom is 0.338 e. The van der Waals surface area contributed by atoms with E-state index in [0.717, 1.165) is 5.56 Å². The first-order chi connectivity index (χ1) is 13.3. The van der Waals surface area contributed by atoms with E-state index in [1.807, 2.05) is 0 Å². The van der Waals surface area contributed by atoms with Gasteiger partial charge in [0.15, 0.2) is 5.78 Å². The minimum Gasteiger partial charge on any atom is -0.423 e. The van der Waals surface area contributed by atoms with Gasteiger partial charge in [-0.3, -0.25) is 4.79 Å². The molecule has 0 N–H and O–H groups in total. The number of carbonyl (C=O) groups excluding carboxylic acids is 3. The third kappa shape index (κ3) is 5.92. The Morgan fingerprint density at radius 2 is 1.18 bits per heavy atom. The number of esters is 2. The third-order valence-electron chi connectivity index (χ3n) is 3.56. The summed E-state index contributed by atoms with van der Waals surface area (Å²) in [5.41, 5.74) is 1.84. The molecule has 5 heteroatoms. The van der Waals surface area contributed by atoms with Crippen molar-refractivity contribution in [3.63, 3.8) is 0 Å². The lowest BCUT2D eigenvalue weighted by Gasteiger charge is -2.04. The van der Waals surface area contributed by atoms with Crippen molar-refractivity contribution in [3.8, 4) is 11.5 Å². The Labute approximate surface area is 163 Å². The Hall–Kier alpha value is -3.73. The Bertz CT molecular complexity index is 947. The quantitative estimate of drug-likeness (QED) is 0.307. The van der Waals surface area contributed by atoms with Crippen LogP contribution >= 0.6 is 0 Å². The van der Waals surface area contributed by atoms with Crippen molar-refractivity contribution in [3.05, 3.63) is 90.0 Å². The molecular formula is C23H20O5. The van der Waals surface area contributed by atoms with Crippen molar-refractivity contribution in [2.24, 2.45) is 0 Å². The topological polar surface area (TPSA) is 69.7 Å². The van der Waals surface area contributed by atoms with Crippen LogP contribution in [0.1, 0.15) is 29.8 Å². The van der Waals surface area contributed by atoms with Gasteiger partial charge in [-0.2, -0.15) is 0 Å². The molecule has 0 spiro atoms. The molecule has 2 aromatic carbocycles. The van der Waals surface area contributed by atoms with Crippen molar-refractivity contribution >= 4 is 23.8 Å². The molecule has 2 rings (SSSR count). The molecule has 0 fully saturated rings. The van der Waals surface area contributed by atoms with Gasteiger partial charge in [0.05, 0.1) is 0 Å². The van der Waals surface area contributed by atoms with Crippen molar-refractivity contribution in [1.29, 1.82) is 0 Å². The van der Waals surface area contributed by atoms with Crippen molar-refractivity contribution < 1.29 is 23.9 Å². The smallest absolute Gasteiger partial charge is 0.338 e. The van der Waals surface area contributed by atoms with Crippen LogP contribution in [-0.4, -0.2) is 17.7 Å². The number of ketones is 1. The van der Waals surface area contributed by atoms with Crippen LogP contribution in [0, 0.1) is 0 Å². The number of ether oxygens (including phenoxy) is 2. The molecule has 2 aromatic rings. The lowest BCUT2D eigenvalue weighted by molar-refractivity contribution is -0.130. The van der Waals surface area contributed by atoms with Gasteiger partial charge in [-0.15, -0.1) is 0 Å². The first-order valence-corrected chi connectivity index (χ1v) is 8.44. The maximum atomic E-state index is 12.3. The van der Waals surface area contributed by atoms with Gasteiger partial charge in [0.1, 0.15) is 11.5 Å². The number of benzene rings is 2. The fraction of sp³-hybridized carbons (Fsp3) is 0.0870. The molecule has 0 aliphatic heterocycles. The van der Waals surface area contributed by atoms with E-state index in [1.165, 1.54) is 6.08 Å². The SMILES string of the molecule is C=C(C)C(=O)Oc1ccc(/C=C/C(=O)c2ccc(OC(=O)C(=C)C)cc2)cc1. The predicted octanol–water partition coefficient (Wildman–Crippen LogP) is 4.55. The molecule has 0 aromatic heterocycles. The summed E-state index contributed by atoms with van der Waals surface area (Å²) >= 11 is 0. The van der Waals surface area contributed by atoms with E-state index in [9.17, 15) is 14.4 Å². The summed E-state index contributed by atoms with van der Waals surface area (Å²) in [5, 5.41) is 0. The Kier molecular flexibility index (Phi) is 6.82. The largest absolute Gasteiger partial charge is 0.423 e. The monoisotopic (exact) mass is 376 g/mol. The lowest BCUT2D eigenvalue weighted by atomic mass is 10.1. The molecule has 0 unspecified atom stereocenters. The average Bonchev–Trinajstić information content (AvgIpc) is 2.67. The zero-order valence-corrected chi connectivity index (χ0v) is 15.7. The average molecular weight is 376 g/mol. The van der Waals surface area contributed by atoms with Gasteiger partial charge in [0.2, 0.25) is 0 Å². The lowest BCUT2D eigenvalue weighted by Crippen LogP contribution is -2.08. The zero-order valence-electron chi connectivity index (χ0n) is 15.7. The van der Waals surface area contributed by atoms with Crippen LogP contribution in [0.5, 0.6) is 11.5 Å². The normalized spacial score (nSPS) is 10.4. The summed E-state index contributed by atoms with van der Waals surface area (Å²) in [6.45, 7) is 10.2. The molecule has 0 atom stereocenters. The van der Waals surface area contributed by atoms with Gasteiger partial charge >= 0.3 is 11.9 Å². The molecule has 5 nitrogen and oxygen atoms in total. The van der Waals surface area contributed by atoms with Gasteiger partial charge < -0.3 is 9.47 Å². The van der Waals surface area contributed by atoms with Crippen molar-refractivity contribution in [1.82, 2.24) is 0 Å². The Morgan fingerprint density at radius 1 is 0.750 bits per heavy atom. The molecular weight excluding hydrogens is 356 g/mol. The minimum atomic E-state index is -0.517. The Balaban J connectivity index is 1.99. The number of allylic oxidation sites excluding steroid dienone is 1. The van der Waals surface area contributed by atoms with Gasteiger partial charge in [-0.1, -0.05) is 31.4 Å². The van der Waals surface area contributed by atoms with E-state index in [2.05, 4.69) is 13.2 Å². The number of carbonyl (C=O) groups is 3. The number of hydrogen-bond acceptors (Lipinski definition) is 5. The van der Waals surface area contributed by atoms with Gasteiger partial charge in [0.25, 0.3) is 0 Å². The molecule has 0 saturated heterocycles. The second-order valence-electron chi connectivity index (χ2n) is 6.13. The zero-order chi connectivity index (χ0) is 20.7. The number of hydrogen-bond donors (Lipinski definition) is 0. The molecule has 0 radical (unpaired) electrons. The van der Waals surface area contributed by atoms with Gasteiger partial charge in [0, 0.05) is 16.7 Å². The fourth-order valence-electron chi connectivity index (χ4n) is 1.99. The van der Waals surface area contributed by atoms with E-state index < -0.39 is 11.9 Å². The van der Waals surface area contributed by atoms with Crippen LogP contribution < -0.4 is 9.47 Å². The summed E-state index contributed by atoms with van der Waals surface area (Å²) in [4.78, 5) is 35.2. The van der Waals surface area contributed by atoms with Crippen LogP contribution in [0.2, 0.25) is 0 Å². The highest BCUT2D eigenvalue weighted by atomic mass is 16.5. The predicted molar refractivity (Wildman–Crippen MR) is 107 cm³/mol. The molecule has 28 heavy (non-hydrogen) atoms. The number of rotatable bonds is 7. The van der Waals surface area contributed by atoms with Gasteiger partial charge in [-0.05, 0) is 61.9 Å². The van der Waals surface area contributed by atoms with E-state index >= 15 is 0 Å². The summed E-state index contributed by atoms with van der Waals surface area (Å²) in [6.07, 6.45) is 3.09. The first kappa shape index (κ1) is 20.6. The van der Waals surface area contributed by atoms with E-state index in [4.69, 9.17) is 9.47 Å². The third-order valence-corrected chi connectivity index (χ3v) is 3.56. The standard InChI is InChI=1S/C23H20O5/c1-15(2)22(25)27-19-10-5-17(6-11-19)7-14-21(24)18-8-12-20(13-9-18)28-23(26)16(3)4/h5-14H,1,3H2,2,4H3/b14-7+. The van der Waals surface area contributed by atoms with E-state index in [0.29, 0.717) is 28.2 Å². The molecule has 142 valence electrons. The first-order valence-electron chi connectivity index (χ1n) is 8.44. The highest BCUT2D eigenvalue weighted by Gasteiger charge is 2.07. The molecule has 0 aliphatic carbocycles. The van der Waals surface area contributed by atoms with Crippen LogP contribution in [0.3, 0.4) is 0 Å². The maximum absolute atomic E-state index is 12.3. The molecule has 0 amide bonds. The highest BCUT2D eigenvalue weighted by molar-refractivity contribution is 6.06. The van der Waals surface area contributed by atoms with Crippen LogP contribution in [0.15, 0.2) is 78.9 Å². The van der Waals surface area contributed by atoms with Crippen molar-refractivity contribution in [2.75, 3.05) is 0 Å². The molecule has 0 aliphatic rings. The second-order valence-corrected chi connectivity index (χ2v) is 6.13. The van der Waals surface area contributed by atoms with Crippen LogP contribution in [-0.2, 0) is 9.59 Å². The van der Waals surface area contributed by atoms with Gasteiger partial charge in [-0.25, -0.2) is 9.59 Å². The summed E-state index contributed by atoms with van der Waals surface area (Å²) in [7, 11) is 0. The van der Waals surface area contributed by atoms with Crippen LogP contribution in [0.25, 0.3) is 6.08 Å². The molecule has 0 bridgehead atoms. The van der Waals surface area contributed by atoms with E-state index in [-0.39, 0.29) is 5.78 Å². The highest BCUT2D eigenvalue weighted by Crippen LogP contribution is 2.16.